The van der Waals surface area contributed by atoms with E-state index >= 15 is 0 Å². The van der Waals surface area contributed by atoms with Gasteiger partial charge < -0.3 is 0 Å². The van der Waals surface area contributed by atoms with E-state index in [0.717, 1.165) is 18.4 Å². The van der Waals surface area contributed by atoms with Crippen LogP contribution in [0.4, 0.5) is 4.39 Å². The number of aryl methyl sites for hydroxylation is 1. The van der Waals surface area contributed by atoms with E-state index in [1.165, 1.54) is 0 Å². The lowest BCUT2D eigenvalue weighted by Crippen LogP contribution is -2.13. The third kappa shape index (κ3) is 1.46. The molecule has 0 saturated heterocycles. The summed E-state index contributed by atoms with van der Waals surface area (Å²) in [5.41, 5.74) is 1.81. The average molecular weight is 179 g/mol. The van der Waals surface area contributed by atoms with Crippen LogP contribution in [0.15, 0.2) is 12.1 Å². The third-order valence-corrected chi connectivity index (χ3v) is 2.29. The predicted molar refractivity (Wildman–Crippen MR) is 46.3 cm³/mol. The first-order valence-electron chi connectivity index (χ1n) is 4.39. The summed E-state index contributed by atoms with van der Waals surface area (Å²) in [4.78, 5) is 15.4. The van der Waals surface area contributed by atoms with Gasteiger partial charge >= 0.3 is 0 Å². The highest BCUT2D eigenvalue weighted by molar-refractivity contribution is 5.96. The second-order valence-electron chi connectivity index (χ2n) is 3.22. The smallest absolute Gasteiger partial charge is 0.181 e. The summed E-state index contributed by atoms with van der Waals surface area (Å²) in [7, 11) is 0. The lowest BCUT2D eigenvalue weighted by molar-refractivity contribution is 0.0967. The predicted octanol–water partition coefficient (Wildman–Crippen LogP) is 2.07. The van der Waals surface area contributed by atoms with Crippen LogP contribution in [0.1, 0.15) is 34.6 Å². The molecule has 13 heavy (non-hydrogen) atoms. The van der Waals surface area contributed by atoms with Crippen molar-refractivity contribution in [3.63, 3.8) is 0 Å². The number of aromatic nitrogens is 1. The molecule has 2 rings (SSSR count). The Morgan fingerprint density at radius 1 is 1.38 bits per heavy atom. The summed E-state index contributed by atoms with van der Waals surface area (Å²) >= 11 is 0. The van der Waals surface area contributed by atoms with Crippen LogP contribution in [0.2, 0.25) is 0 Å². The largest absolute Gasteiger partial charge is 0.292 e. The van der Waals surface area contributed by atoms with Gasteiger partial charge in [-0.3, -0.25) is 4.79 Å². The number of hydrogen-bond donors (Lipinski definition) is 0. The van der Waals surface area contributed by atoms with E-state index in [-0.39, 0.29) is 5.78 Å². The zero-order valence-electron chi connectivity index (χ0n) is 7.22. The summed E-state index contributed by atoms with van der Waals surface area (Å²) in [5.74, 6) is 0.0524. The van der Waals surface area contributed by atoms with E-state index < -0.39 is 6.67 Å². The van der Waals surface area contributed by atoms with Crippen molar-refractivity contribution in [2.75, 3.05) is 0 Å². The van der Waals surface area contributed by atoms with Crippen molar-refractivity contribution in [3.05, 3.63) is 29.1 Å². The second kappa shape index (κ2) is 3.24. The molecule has 1 aliphatic rings. The van der Waals surface area contributed by atoms with Crippen molar-refractivity contribution in [1.82, 2.24) is 4.98 Å². The fourth-order valence-corrected chi connectivity index (χ4v) is 1.60. The monoisotopic (exact) mass is 179 g/mol. The van der Waals surface area contributed by atoms with Gasteiger partial charge in [0.2, 0.25) is 0 Å². The van der Waals surface area contributed by atoms with Crippen molar-refractivity contribution in [2.24, 2.45) is 0 Å². The summed E-state index contributed by atoms with van der Waals surface area (Å²) in [5, 5.41) is 0. The van der Waals surface area contributed by atoms with Crippen molar-refractivity contribution < 1.29 is 9.18 Å². The van der Waals surface area contributed by atoms with Gasteiger partial charge in [0.05, 0.1) is 5.69 Å². The Balaban J connectivity index is 2.47. The molecule has 0 spiro atoms. The van der Waals surface area contributed by atoms with Gasteiger partial charge in [0.1, 0.15) is 12.4 Å². The van der Waals surface area contributed by atoms with Crippen LogP contribution in [-0.2, 0) is 13.1 Å². The highest BCUT2D eigenvalue weighted by Gasteiger charge is 2.18. The molecule has 0 radical (unpaired) electrons. The van der Waals surface area contributed by atoms with E-state index in [0.29, 0.717) is 17.8 Å². The maximum absolute atomic E-state index is 12.2. The number of carbonyl (C=O) groups is 1. The molecule has 0 aromatic carbocycles. The van der Waals surface area contributed by atoms with Gasteiger partial charge in [0.25, 0.3) is 0 Å². The van der Waals surface area contributed by atoms with Gasteiger partial charge in [-0.15, -0.1) is 0 Å². The van der Waals surface area contributed by atoms with Crippen LogP contribution in [0.5, 0.6) is 0 Å². The van der Waals surface area contributed by atoms with Crippen LogP contribution >= 0.6 is 0 Å². The Morgan fingerprint density at radius 3 is 3.00 bits per heavy atom. The summed E-state index contributed by atoms with van der Waals surface area (Å²) in [6, 6.07) is 3.46. The number of rotatable bonds is 1. The normalized spacial score (nSPS) is 15.6. The number of ketones is 1. The molecule has 0 N–H and O–H groups in total. The Bertz CT molecular complexity index is 349. The molecule has 0 aliphatic heterocycles. The van der Waals surface area contributed by atoms with Crippen LogP contribution in [-0.4, -0.2) is 10.8 Å². The van der Waals surface area contributed by atoms with Gasteiger partial charge in [-0.25, -0.2) is 9.37 Å². The standard InChI is InChI=1S/C10H10FNO/c11-6-8-5-4-7-2-1-3-9(13)10(7)12-8/h4-5H,1-3,6H2. The first kappa shape index (κ1) is 8.35. The first-order valence-corrected chi connectivity index (χ1v) is 4.39. The molecule has 68 valence electrons. The van der Waals surface area contributed by atoms with Crippen molar-refractivity contribution in [3.8, 4) is 0 Å². The molecule has 0 saturated carbocycles. The molecule has 0 bridgehead atoms. The number of Topliss-reactive ketones (excluding diaryl/α,β-unsaturated/α-hetero) is 1. The van der Waals surface area contributed by atoms with Crippen molar-refractivity contribution >= 4 is 5.78 Å². The average Bonchev–Trinajstić information content (AvgIpc) is 2.18. The maximum atomic E-state index is 12.2. The summed E-state index contributed by atoms with van der Waals surface area (Å²) in [6.45, 7) is -0.597. The topological polar surface area (TPSA) is 30.0 Å². The van der Waals surface area contributed by atoms with Gasteiger partial charge in [-0.2, -0.15) is 0 Å². The fraction of sp³-hybridized carbons (Fsp3) is 0.400. The maximum Gasteiger partial charge on any atom is 0.181 e. The number of hydrogen-bond acceptors (Lipinski definition) is 2. The molecule has 3 heteroatoms. The highest BCUT2D eigenvalue weighted by Crippen LogP contribution is 2.19. The van der Waals surface area contributed by atoms with Gasteiger partial charge in [-0.1, -0.05) is 6.07 Å². The van der Waals surface area contributed by atoms with E-state index in [4.69, 9.17) is 0 Å². The Kier molecular flexibility index (Phi) is 2.08. The molecule has 0 amide bonds. The lowest BCUT2D eigenvalue weighted by Gasteiger charge is -2.13. The molecule has 1 aromatic rings. The minimum Gasteiger partial charge on any atom is -0.292 e. The number of nitrogens with zero attached hydrogens (tertiary/aromatic N) is 1. The SMILES string of the molecule is O=C1CCCc2ccc(CF)nc21. The fourth-order valence-electron chi connectivity index (χ4n) is 1.60. The Hall–Kier alpha value is -1.25. The molecular weight excluding hydrogens is 169 g/mol. The van der Waals surface area contributed by atoms with E-state index in [1.54, 1.807) is 6.07 Å². The third-order valence-electron chi connectivity index (χ3n) is 2.29. The Labute approximate surface area is 75.8 Å². The second-order valence-corrected chi connectivity index (χ2v) is 3.22. The molecule has 1 aliphatic carbocycles. The minimum atomic E-state index is -0.597. The van der Waals surface area contributed by atoms with E-state index in [2.05, 4.69) is 4.98 Å². The van der Waals surface area contributed by atoms with Crippen LogP contribution in [0.25, 0.3) is 0 Å². The highest BCUT2D eigenvalue weighted by atomic mass is 19.1. The van der Waals surface area contributed by atoms with Gasteiger partial charge in [-0.05, 0) is 24.5 Å². The molecular formula is C10H10FNO. The van der Waals surface area contributed by atoms with Crippen LogP contribution < -0.4 is 0 Å². The molecule has 1 aromatic heterocycles. The number of pyridine rings is 1. The minimum absolute atomic E-state index is 0.0524. The zero-order chi connectivity index (χ0) is 9.26. The van der Waals surface area contributed by atoms with Crippen LogP contribution in [0, 0.1) is 0 Å². The van der Waals surface area contributed by atoms with E-state index in [9.17, 15) is 9.18 Å². The number of halogens is 1. The molecule has 0 unspecified atom stereocenters. The van der Waals surface area contributed by atoms with Crippen molar-refractivity contribution in [1.29, 1.82) is 0 Å². The van der Waals surface area contributed by atoms with Gasteiger partial charge in [0, 0.05) is 6.42 Å². The first-order chi connectivity index (χ1) is 6.31. The Morgan fingerprint density at radius 2 is 2.23 bits per heavy atom. The van der Waals surface area contributed by atoms with Crippen molar-refractivity contribution in [2.45, 2.75) is 25.9 Å². The lowest BCUT2D eigenvalue weighted by atomic mass is 9.95. The molecule has 0 atom stereocenters. The summed E-state index contributed by atoms with van der Waals surface area (Å²) in [6.07, 6.45) is 2.33. The number of alkyl halides is 1. The quantitative estimate of drug-likeness (QED) is 0.660. The van der Waals surface area contributed by atoms with E-state index in [1.807, 2.05) is 6.07 Å². The number of carbonyl (C=O) groups excluding carboxylic acids is 1. The molecule has 1 heterocycles. The van der Waals surface area contributed by atoms with Gasteiger partial charge in [0.15, 0.2) is 5.78 Å². The summed E-state index contributed by atoms with van der Waals surface area (Å²) < 4.78 is 12.2. The molecule has 2 nitrogen and oxygen atoms in total. The zero-order valence-corrected chi connectivity index (χ0v) is 7.22. The molecule has 0 fully saturated rings. The number of fused-ring (bicyclic) bond motifs is 1. The van der Waals surface area contributed by atoms with Crippen LogP contribution in [0.3, 0.4) is 0 Å².